The monoisotopic (exact) mass is 254 g/mol. The number of halogens is 2. The Labute approximate surface area is 105 Å². The molecule has 0 spiro atoms. The number of aryl methyl sites for hydroxylation is 2. The highest BCUT2D eigenvalue weighted by Crippen LogP contribution is 2.11. The van der Waals surface area contributed by atoms with Crippen LogP contribution in [-0.4, -0.2) is 9.55 Å². The third-order valence-corrected chi connectivity index (χ3v) is 3.02. The van der Waals surface area contributed by atoms with Crippen molar-refractivity contribution in [3.8, 4) is 0 Å². The van der Waals surface area contributed by atoms with Gasteiger partial charge in [-0.1, -0.05) is 23.7 Å². The highest BCUT2D eigenvalue weighted by Gasteiger charge is 2.00. The molecular weight excluding hydrogens is 243 g/mol. The second kappa shape index (κ2) is 5.37. The Bertz CT molecular complexity index is 448. The Balaban J connectivity index is 1.99. The number of imidazole rings is 1. The van der Waals surface area contributed by atoms with Crippen LogP contribution in [0.25, 0.3) is 0 Å². The van der Waals surface area contributed by atoms with Crippen LogP contribution < -0.4 is 0 Å². The molecule has 1 heterocycles. The van der Waals surface area contributed by atoms with E-state index in [1.165, 1.54) is 5.56 Å². The predicted octanol–water partition coefficient (Wildman–Crippen LogP) is 3.52. The van der Waals surface area contributed by atoms with Gasteiger partial charge in [0.05, 0.1) is 17.9 Å². The lowest BCUT2D eigenvalue weighted by atomic mass is 10.1. The van der Waals surface area contributed by atoms with Crippen LogP contribution in [-0.2, 0) is 18.8 Å². The minimum absolute atomic E-state index is 0.501. The molecule has 0 radical (unpaired) electrons. The van der Waals surface area contributed by atoms with Crippen LogP contribution in [0.4, 0.5) is 0 Å². The average Bonchev–Trinajstić information content (AvgIpc) is 2.76. The molecule has 84 valence electrons. The zero-order valence-electron chi connectivity index (χ0n) is 8.74. The van der Waals surface area contributed by atoms with Crippen LogP contribution in [0.1, 0.15) is 11.3 Å². The van der Waals surface area contributed by atoms with E-state index in [2.05, 4.69) is 9.55 Å². The van der Waals surface area contributed by atoms with E-state index in [0.717, 1.165) is 23.7 Å². The largest absolute Gasteiger partial charge is 0.333 e. The second-order valence-corrected chi connectivity index (χ2v) is 4.29. The van der Waals surface area contributed by atoms with Crippen LogP contribution in [0.2, 0.25) is 5.02 Å². The van der Waals surface area contributed by atoms with E-state index in [0.29, 0.717) is 5.88 Å². The van der Waals surface area contributed by atoms with Crippen LogP contribution >= 0.6 is 23.2 Å². The lowest BCUT2D eigenvalue weighted by Gasteiger charge is -2.06. The molecule has 0 amide bonds. The van der Waals surface area contributed by atoms with Crippen molar-refractivity contribution in [2.24, 2.45) is 0 Å². The van der Waals surface area contributed by atoms with Crippen molar-refractivity contribution in [1.29, 1.82) is 0 Å². The zero-order valence-corrected chi connectivity index (χ0v) is 10.2. The van der Waals surface area contributed by atoms with Gasteiger partial charge in [0.15, 0.2) is 0 Å². The van der Waals surface area contributed by atoms with Crippen molar-refractivity contribution in [3.63, 3.8) is 0 Å². The molecule has 1 aromatic carbocycles. The molecule has 0 saturated carbocycles. The first-order valence-electron chi connectivity index (χ1n) is 5.09. The Hall–Kier alpha value is -0.990. The fraction of sp³-hybridized carbons (Fsp3) is 0.250. The first-order chi connectivity index (χ1) is 7.79. The Morgan fingerprint density at radius 3 is 2.62 bits per heavy atom. The molecule has 0 aliphatic rings. The number of alkyl halides is 1. The standard InChI is InChI=1S/C12H12Cl2N2/c13-7-12-8-15-9-16(12)6-5-10-1-3-11(14)4-2-10/h1-4,8-9H,5-7H2. The molecule has 0 fully saturated rings. The SMILES string of the molecule is ClCc1cncn1CCc1ccc(Cl)cc1. The van der Waals surface area contributed by atoms with Crippen LogP contribution in [0.3, 0.4) is 0 Å². The molecule has 0 bridgehead atoms. The summed E-state index contributed by atoms with van der Waals surface area (Å²) in [4.78, 5) is 4.08. The van der Waals surface area contributed by atoms with E-state index in [1.807, 2.05) is 30.6 Å². The van der Waals surface area contributed by atoms with E-state index < -0.39 is 0 Å². The van der Waals surface area contributed by atoms with Crippen LogP contribution in [0.5, 0.6) is 0 Å². The molecule has 0 N–H and O–H groups in total. The van der Waals surface area contributed by atoms with Gasteiger partial charge < -0.3 is 4.57 Å². The lowest BCUT2D eigenvalue weighted by Crippen LogP contribution is -2.03. The van der Waals surface area contributed by atoms with Gasteiger partial charge in [-0.25, -0.2) is 4.98 Å². The minimum atomic E-state index is 0.501. The van der Waals surface area contributed by atoms with Gasteiger partial charge in [-0.05, 0) is 24.1 Å². The fourth-order valence-electron chi connectivity index (χ4n) is 1.56. The normalized spacial score (nSPS) is 10.6. The van der Waals surface area contributed by atoms with Crippen molar-refractivity contribution < 1.29 is 0 Å². The number of hydrogen-bond donors (Lipinski definition) is 0. The maximum Gasteiger partial charge on any atom is 0.0948 e. The van der Waals surface area contributed by atoms with Gasteiger partial charge in [0.25, 0.3) is 0 Å². The van der Waals surface area contributed by atoms with E-state index in [4.69, 9.17) is 23.2 Å². The van der Waals surface area contributed by atoms with Gasteiger partial charge in [-0.3, -0.25) is 0 Å². The molecule has 4 heteroatoms. The third-order valence-electron chi connectivity index (χ3n) is 2.49. The van der Waals surface area contributed by atoms with E-state index >= 15 is 0 Å². The summed E-state index contributed by atoms with van der Waals surface area (Å²) in [6.07, 6.45) is 4.57. The molecule has 2 rings (SSSR count). The van der Waals surface area contributed by atoms with E-state index in [1.54, 1.807) is 6.20 Å². The van der Waals surface area contributed by atoms with E-state index in [-0.39, 0.29) is 0 Å². The Morgan fingerprint density at radius 2 is 1.94 bits per heavy atom. The predicted molar refractivity (Wildman–Crippen MR) is 66.9 cm³/mol. The van der Waals surface area contributed by atoms with Gasteiger partial charge in [0, 0.05) is 17.8 Å². The minimum Gasteiger partial charge on any atom is -0.333 e. The topological polar surface area (TPSA) is 17.8 Å². The summed E-state index contributed by atoms with van der Waals surface area (Å²) >= 11 is 11.6. The van der Waals surface area contributed by atoms with Crippen LogP contribution in [0, 0.1) is 0 Å². The molecule has 0 aliphatic heterocycles. The highest BCUT2D eigenvalue weighted by molar-refractivity contribution is 6.30. The molecule has 0 unspecified atom stereocenters. The summed E-state index contributed by atoms with van der Waals surface area (Å²) in [5.74, 6) is 0.501. The van der Waals surface area contributed by atoms with E-state index in [9.17, 15) is 0 Å². The Morgan fingerprint density at radius 1 is 1.19 bits per heavy atom. The summed E-state index contributed by atoms with van der Waals surface area (Å²) in [5, 5.41) is 0.771. The molecule has 16 heavy (non-hydrogen) atoms. The summed E-state index contributed by atoms with van der Waals surface area (Å²) in [5.41, 5.74) is 2.31. The Kier molecular flexibility index (Phi) is 3.86. The fourth-order valence-corrected chi connectivity index (χ4v) is 1.91. The number of aromatic nitrogens is 2. The van der Waals surface area contributed by atoms with Gasteiger partial charge >= 0.3 is 0 Å². The smallest absolute Gasteiger partial charge is 0.0948 e. The first kappa shape index (κ1) is 11.5. The summed E-state index contributed by atoms with van der Waals surface area (Å²) < 4.78 is 2.07. The number of hydrogen-bond acceptors (Lipinski definition) is 1. The van der Waals surface area contributed by atoms with Gasteiger partial charge in [0.1, 0.15) is 0 Å². The summed E-state index contributed by atoms with van der Waals surface area (Å²) in [6, 6.07) is 7.90. The first-order valence-corrected chi connectivity index (χ1v) is 6.00. The van der Waals surface area contributed by atoms with Gasteiger partial charge in [-0.15, -0.1) is 11.6 Å². The zero-order chi connectivity index (χ0) is 11.4. The van der Waals surface area contributed by atoms with Crippen LogP contribution in [0.15, 0.2) is 36.8 Å². The van der Waals surface area contributed by atoms with Crippen molar-refractivity contribution in [2.45, 2.75) is 18.8 Å². The highest BCUT2D eigenvalue weighted by atomic mass is 35.5. The van der Waals surface area contributed by atoms with Crippen molar-refractivity contribution in [2.75, 3.05) is 0 Å². The molecule has 2 aromatic rings. The quantitative estimate of drug-likeness (QED) is 0.764. The molecule has 0 aliphatic carbocycles. The van der Waals surface area contributed by atoms with Gasteiger partial charge in [-0.2, -0.15) is 0 Å². The third kappa shape index (κ3) is 2.77. The van der Waals surface area contributed by atoms with Crippen molar-refractivity contribution in [3.05, 3.63) is 53.1 Å². The summed E-state index contributed by atoms with van der Waals surface area (Å²) in [6.45, 7) is 0.893. The second-order valence-electron chi connectivity index (χ2n) is 3.59. The molecule has 0 saturated heterocycles. The number of nitrogens with zero attached hydrogens (tertiary/aromatic N) is 2. The van der Waals surface area contributed by atoms with Crippen molar-refractivity contribution >= 4 is 23.2 Å². The summed E-state index contributed by atoms with van der Waals surface area (Å²) in [7, 11) is 0. The van der Waals surface area contributed by atoms with Crippen molar-refractivity contribution in [1.82, 2.24) is 9.55 Å². The molecule has 1 aromatic heterocycles. The lowest BCUT2D eigenvalue weighted by molar-refractivity contribution is 0.674. The number of rotatable bonds is 4. The maximum absolute atomic E-state index is 5.83. The maximum atomic E-state index is 5.83. The molecule has 0 atom stereocenters. The molecule has 2 nitrogen and oxygen atoms in total. The molecular formula is C12H12Cl2N2. The average molecular weight is 255 g/mol. The number of benzene rings is 1. The van der Waals surface area contributed by atoms with Gasteiger partial charge in [0.2, 0.25) is 0 Å².